The van der Waals surface area contributed by atoms with E-state index in [0.29, 0.717) is 17.3 Å². The summed E-state index contributed by atoms with van der Waals surface area (Å²) in [7, 11) is 1.56. The molecule has 2 aromatic rings. The molecule has 0 aliphatic rings. The van der Waals surface area contributed by atoms with Crippen LogP contribution < -0.4 is 20.1 Å². The van der Waals surface area contributed by atoms with Crippen molar-refractivity contribution in [3.8, 4) is 11.5 Å². The van der Waals surface area contributed by atoms with Crippen LogP contribution in [0.25, 0.3) is 0 Å². The first-order valence-corrected chi connectivity index (χ1v) is 6.43. The Hall–Kier alpha value is -2.76. The van der Waals surface area contributed by atoms with E-state index in [1.54, 1.807) is 25.4 Å². The lowest BCUT2D eigenvalue weighted by molar-refractivity contribution is 0.231. The van der Waals surface area contributed by atoms with Crippen LogP contribution in [-0.2, 0) is 0 Å². The molecule has 6 heteroatoms. The van der Waals surface area contributed by atoms with Crippen molar-refractivity contribution >= 4 is 11.8 Å². The maximum absolute atomic E-state index is 11.7. The number of hydrogen-bond donors (Lipinski definition) is 2. The predicted octanol–water partition coefficient (Wildman–Crippen LogP) is 2.56. The summed E-state index contributed by atoms with van der Waals surface area (Å²) in [5.74, 6) is 1.70. The Bertz CT molecular complexity index is 617. The Balaban J connectivity index is 1.83. The Morgan fingerprint density at radius 1 is 1.19 bits per heavy atom. The minimum absolute atomic E-state index is 0.0259. The number of urea groups is 1. The molecule has 1 aromatic heterocycles. The van der Waals surface area contributed by atoms with Crippen molar-refractivity contribution in [1.29, 1.82) is 0 Å². The van der Waals surface area contributed by atoms with Gasteiger partial charge in [0.15, 0.2) is 18.2 Å². The summed E-state index contributed by atoms with van der Waals surface area (Å²) in [5, 5.41) is 5.24. The van der Waals surface area contributed by atoms with Gasteiger partial charge in [-0.3, -0.25) is 5.32 Å². The first kappa shape index (κ1) is 14.6. The molecule has 0 atom stereocenters. The maximum Gasteiger partial charge on any atom is 0.323 e. The summed E-state index contributed by atoms with van der Waals surface area (Å²) >= 11 is 0. The smallest absolute Gasteiger partial charge is 0.323 e. The van der Waals surface area contributed by atoms with Gasteiger partial charge < -0.3 is 14.8 Å². The van der Waals surface area contributed by atoms with Crippen molar-refractivity contribution < 1.29 is 14.3 Å². The topological polar surface area (TPSA) is 72.5 Å². The van der Waals surface area contributed by atoms with E-state index in [-0.39, 0.29) is 12.8 Å². The van der Waals surface area contributed by atoms with E-state index in [4.69, 9.17) is 9.47 Å². The number of rotatable bonds is 5. The molecule has 2 amide bonds. The fraction of sp³-hybridized carbons (Fsp3) is 0.200. The maximum atomic E-state index is 11.7. The number of pyridine rings is 1. The van der Waals surface area contributed by atoms with Crippen molar-refractivity contribution in [2.24, 2.45) is 0 Å². The first-order chi connectivity index (χ1) is 10.2. The Morgan fingerprint density at radius 3 is 2.67 bits per heavy atom. The highest BCUT2D eigenvalue weighted by Crippen LogP contribution is 2.25. The van der Waals surface area contributed by atoms with Crippen LogP contribution in [0.1, 0.15) is 5.56 Å². The average Bonchev–Trinajstić information content (AvgIpc) is 2.50. The standard InChI is InChI=1S/C15H17N3O3/c1-11-6-5-9-16-14(11)18-15(19)17-10-21-13-8-4-3-7-12(13)20-2/h3-9H,10H2,1-2H3,(H2,16,17,18,19). The number of anilines is 1. The summed E-state index contributed by atoms with van der Waals surface area (Å²) < 4.78 is 10.6. The zero-order chi connectivity index (χ0) is 15.1. The molecular formula is C15H17N3O3. The molecule has 6 nitrogen and oxygen atoms in total. The van der Waals surface area contributed by atoms with E-state index < -0.39 is 0 Å². The number of nitrogens with one attached hydrogen (secondary N) is 2. The summed E-state index contributed by atoms with van der Waals surface area (Å²) in [4.78, 5) is 15.8. The second-order valence-electron chi connectivity index (χ2n) is 4.24. The van der Waals surface area contributed by atoms with E-state index >= 15 is 0 Å². The molecule has 0 fully saturated rings. The van der Waals surface area contributed by atoms with Crippen LogP contribution in [0, 0.1) is 6.92 Å². The molecule has 0 spiro atoms. The Morgan fingerprint density at radius 2 is 1.95 bits per heavy atom. The highest BCUT2D eigenvalue weighted by Gasteiger charge is 2.06. The third-order valence-corrected chi connectivity index (χ3v) is 2.77. The second-order valence-corrected chi connectivity index (χ2v) is 4.24. The average molecular weight is 287 g/mol. The Kier molecular flexibility index (Phi) is 4.98. The third kappa shape index (κ3) is 4.10. The lowest BCUT2D eigenvalue weighted by Crippen LogP contribution is -2.32. The molecule has 21 heavy (non-hydrogen) atoms. The number of amides is 2. The molecule has 2 N–H and O–H groups in total. The summed E-state index contributed by atoms with van der Waals surface area (Å²) in [6.07, 6.45) is 1.62. The number of carbonyl (C=O) groups is 1. The normalized spacial score (nSPS) is 9.81. The number of methoxy groups -OCH3 is 1. The molecule has 1 heterocycles. The zero-order valence-corrected chi connectivity index (χ0v) is 11.9. The molecule has 0 saturated heterocycles. The van der Waals surface area contributed by atoms with Crippen molar-refractivity contribution in [3.05, 3.63) is 48.2 Å². The van der Waals surface area contributed by atoms with Crippen molar-refractivity contribution in [2.45, 2.75) is 6.92 Å². The van der Waals surface area contributed by atoms with Gasteiger partial charge >= 0.3 is 6.03 Å². The fourth-order valence-corrected chi connectivity index (χ4v) is 1.69. The highest BCUT2D eigenvalue weighted by atomic mass is 16.5. The van der Waals surface area contributed by atoms with Crippen LogP contribution in [-0.4, -0.2) is 24.9 Å². The van der Waals surface area contributed by atoms with Gasteiger partial charge in [0.1, 0.15) is 5.82 Å². The van der Waals surface area contributed by atoms with Gasteiger partial charge in [-0.2, -0.15) is 0 Å². The Labute approximate surface area is 123 Å². The third-order valence-electron chi connectivity index (χ3n) is 2.77. The molecule has 0 saturated carbocycles. The van der Waals surface area contributed by atoms with Crippen LogP contribution in [0.3, 0.4) is 0 Å². The number of ether oxygens (including phenoxy) is 2. The van der Waals surface area contributed by atoms with Crippen LogP contribution in [0.5, 0.6) is 11.5 Å². The van der Waals surface area contributed by atoms with Crippen molar-refractivity contribution in [1.82, 2.24) is 10.3 Å². The van der Waals surface area contributed by atoms with Gasteiger partial charge in [-0.15, -0.1) is 0 Å². The van der Waals surface area contributed by atoms with Gasteiger partial charge in [0, 0.05) is 6.20 Å². The minimum Gasteiger partial charge on any atom is -0.493 e. The van der Waals surface area contributed by atoms with E-state index in [9.17, 15) is 4.79 Å². The molecular weight excluding hydrogens is 270 g/mol. The molecule has 110 valence electrons. The van der Waals surface area contributed by atoms with Crippen LogP contribution in [0.2, 0.25) is 0 Å². The predicted molar refractivity (Wildman–Crippen MR) is 79.6 cm³/mol. The van der Waals surface area contributed by atoms with Crippen LogP contribution in [0.4, 0.5) is 10.6 Å². The van der Waals surface area contributed by atoms with Crippen LogP contribution >= 0.6 is 0 Å². The molecule has 2 rings (SSSR count). The molecule has 0 radical (unpaired) electrons. The summed E-state index contributed by atoms with van der Waals surface area (Å²) in [5.41, 5.74) is 0.887. The zero-order valence-electron chi connectivity index (χ0n) is 11.9. The molecule has 1 aromatic carbocycles. The molecule has 0 unspecified atom stereocenters. The largest absolute Gasteiger partial charge is 0.493 e. The molecule has 0 bridgehead atoms. The highest BCUT2D eigenvalue weighted by molar-refractivity contribution is 5.88. The van der Waals surface area contributed by atoms with Gasteiger partial charge in [0.2, 0.25) is 0 Å². The van der Waals surface area contributed by atoms with E-state index in [1.165, 1.54) is 0 Å². The SMILES string of the molecule is COc1ccccc1OCNC(=O)Nc1ncccc1C. The summed E-state index contributed by atoms with van der Waals surface area (Å²) in [6.45, 7) is 1.89. The fourth-order valence-electron chi connectivity index (χ4n) is 1.69. The number of aryl methyl sites for hydroxylation is 1. The van der Waals surface area contributed by atoms with E-state index in [1.807, 2.05) is 31.2 Å². The number of benzene rings is 1. The second kappa shape index (κ2) is 7.14. The van der Waals surface area contributed by atoms with Crippen LogP contribution in [0.15, 0.2) is 42.6 Å². The number of aromatic nitrogens is 1. The van der Waals surface area contributed by atoms with Gasteiger partial charge in [-0.05, 0) is 30.7 Å². The quantitative estimate of drug-likeness (QED) is 0.829. The van der Waals surface area contributed by atoms with Gasteiger partial charge in [-0.1, -0.05) is 18.2 Å². The van der Waals surface area contributed by atoms with Gasteiger partial charge in [0.25, 0.3) is 0 Å². The first-order valence-electron chi connectivity index (χ1n) is 6.43. The number of nitrogens with zero attached hydrogens (tertiary/aromatic N) is 1. The minimum atomic E-state index is -0.383. The lowest BCUT2D eigenvalue weighted by Gasteiger charge is -2.12. The van der Waals surface area contributed by atoms with Gasteiger partial charge in [0.05, 0.1) is 7.11 Å². The number of carbonyl (C=O) groups excluding carboxylic acids is 1. The van der Waals surface area contributed by atoms with E-state index in [2.05, 4.69) is 15.6 Å². The molecule has 0 aliphatic carbocycles. The monoisotopic (exact) mass is 287 g/mol. The van der Waals surface area contributed by atoms with Gasteiger partial charge in [-0.25, -0.2) is 9.78 Å². The summed E-state index contributed by atoms with van der Waals surface area (Å²) in [6, 6.07) is 10.5. The van der Waals surface area contributed by atoms with Crippen molar-refractivity contribution in [2.75, 3.05) is 19.2 Å². The number of para-hydroxylation sites is 2. The lowest BCUT2D eigenvalue weighted by atomic mass is 10.3. The number of hydrogen-bond acceptors (Lipinski definition) is 4. The van der Waals surface area contributed by atoms with E-state index in [0.717, 1.165) is 5.56 Å². The molecule has 0 aliphatic heterocycles. The van der Waals surface area contributed by atoms with Crippen molar-refractivity contribution in [3.63, 3.8) is 0 Å².